The van der Waals surface area contributed by atoms with E-state index in [2.05, 4.69) is 5.32 Å². The summed E-state index contributed by atoms with van der Waals surface area (Å²) in [5.41, 5.74) is 6.22. The van der Waals surface area contributed by atoms with Crippen LogP contribution in [0.15, 0.2) is 29.2 Å². The second-order valence-corrected chi connectivity index (χ2v) is 6.61. The molecule has 0 aliphatic carbocycles. The van der Waals surface area contributed by atoms with Gasteiger partial charge in [-0.1, -0.05) is 26.0 Å². The molecule has 1 aromatic rings. The van der Waals surface area contributed by atoms with Gasteiger partial charge in [0.15, 0.2) is 9.84 Å². The van der Waals surface area contributed by atoms with E-state index < -0.39 is 9.84 Å². The van der Waals surface area contributed by atoms with Gasteiger partial charge >= 0.3 is 0 Å². The monoisotopic (exact) mass is 270 g/mol. The van der Waals surface area contributed by atoms with E-state index in [-0.39, 0.29) is 5.75 Å². The van der Waals surface area contributed by atoms with Crippen LogP contribution in [-0.2, 0) is 9.84 Å². The lowest BCUT2D eigenvalue weighted by atomic mass is 10.2. The first-order chi connectivity index (χ1) is 8.51. The molecule has 0 saturated carbocycles. The number of hydrogen-bond acceptors (Lipinski definition) is 4. The molecule has 0 aromatic heterocycles. The minimum atomic E-state index is -3.19. The van der Waals surface area contributed by atoms with Gasteiger partial charge in [0.1, 0.15) is 0 Å². The van der Waals surface area contributed by atoms with Gasteiger partial charge in [-0.25, -0.2) is 8.42 Å². The molecule has 0 amide bonds. The van der Waals surface area contributed by atoms with Gasteiger partial charge in [0, 0.05) is 6.54 Å². The summed E-state index contributed by atoms with van der Waals surface area (Å²) in [5.74, 6) is 0.491. The molecule has 1 unspecified atom stereocenters. The van der Waals surface area contributed by atoms with E-state index in [1.165, 1.54) is 0 Å². The molecule has 1 atom stereocenters. The zero-order valence-electron chi connectivity index (χ0n) is 11.0. The van der Waals surface area contributed by atoms with Gasteiger partial charge in [0.05, 0.1) is 16.3 Å². The molecule has 1 rings (SSSR count). The molecule has 0 bridgehead atoms. The number of hydrogen-bond donors (Lipinski definition) is 2. The summed E-state index contributed by atoms with van der Waals surface area (Å²) in [6.07, 6.45) is 0.621. The summed E-state index contributed by atoms with van der Waals surface area (Å²) < 4.78 is 24.2. The molecule has 102 valence electrons. The van der Waals surface area contributed by atoms with Crippen LogP contribution in [0.3, 0.4) is 0 Å². The zero-order chi connectivity index (χ0) is 13.6. The Bertz CT molecular complexity index is 472. The van der Waals surface area contributed by atoms with Crippen LogP contribution in [0.4, 0.5) is 5.69 Å². The second-order valence-electron chi connectivity index (χ2n) is 4.54. The predicted molar refractivity (Wildman–Crippen MR) is 75.5 cm³/mol. The molecule has 0 aliphatic heterocycles. The highest BCUT2D eigenvalue weighted by Gasteiger charge is 2.17. The number of nitrogens with one attached hydrogen (secondary N) is 1. The molecule has 0 fully saturated rings. The van der Waals surface area contributed by atoms with Crippen LogP contribution in [0.1, 0.15) is 20.3 Å². The molecule has 0 radical (unpaired) electrons. The van der Waals surface area contributed by atoms with Crippen molar-refractivity contribution in [1.29, 1.82) is 0 Å². The summed E-state index contributed by atoms with van der Waals surface area (Å²) in [4.78, 5) is 0.385. The summed E-state index contributed by atoms with van der Waals surface area (Å²) in [7, 11) is -3.19. The first kappa shape index (κ1) is 15.0. The molecule has 0 aliphatic rings. The van der Waals surface area contributed by atoms with Crippen molar-refractivity contribution in [3.63, 3.8) is 0 Å². The van der Waals surface area contributed by atoms with Crippen molar-refractivity contribution in [3.8, 4) is 0 Å². The summed E-state index contributed by atoms with van der Waals surface area (Å²) >= 11 is 0. The molecule has 0 heterocycles. The van der Waals surface area contributed by atoms with Gasteiger partial charge < -0.3 is 11.1 Å². The lowest BCUT2D eigenvalue weighted by Gasteiger charge is -2.14. The minimum Gasteiger partial charge on any atom is -0.384 e. The van der Waals surface area contributed by atoms with Crippen LogP contribution in [0.2, 0.25) is 0 Å². The maximum Gasteiger partial charge on any atom is 0.180 e. The fraction of sp³-hybridized carbons (Fsp3) is 0.538. The SMILES string of the molecule is CCCS(=O)(=O)c1ccccc1NCC(C)CN. The topological polar surface area (TPSA) is 72.2 Å². The smallest absolute Gasteiger partial charge is 0.180 e. The van der Waals surface area contributed by atoms with Crippen LogP contribution in [-0.4, -0.2) is 27.3 Å². The van der Waals surface area contributed by atoms with Gasteiger partial charge in [-0.05, 0) is 31.0 Å². The van der Waals surface area contributed by atoms with Crippen LogP contribution in [0, 0.1) is 5.92 Å². The van der Waals surface area contributed by atoms with E-state index in [1.807, 2.05) is 19.9 Å². The highest BCUT2D eigenvalue weighted by atomic mass is 32.2. The van der Waals surface area contributed by atoms with E-state index in [4.69, 9.17) is 5.73 Å². The minimum absolute atomic E-state index is 0.179. The Hall–Kier alpha value is -1.07. The number of anilines is 1. The summed E-state index contributed by atoms with van der Waals surface area (Å²) in [6, 6.07) is 7.03. The normalized spacial score (nSPS) is 13.3. The molecule has 1 aromatic carbocycles. The largest absolute Gasteiger partial charge is 0.384 e. The Morgan fingerprint density at radius 3 is 2.61 bits per heavy atom. The van der Waals surface area contributed by atoms with E-state index >= 15 is 0 Å². The summed E-state index contributed by atoms with van der Waals surface area (Å²) in [6.45, 7) is 5.15. The van der Waals surface area contributed by atoms with Gasteiger partial charge in [-0.2, -0.15) is 0 Å². The van der Waals surface area contributed by atoms with E-state index in [0.29, 0.717) is 36.0 Å². The van der Waals surface area contributed by atoms with Crippen molar-refractivity contribution in [2.45, 2.75) is 25.2 Å². The average Bonchev–Trinajstić information content (AvgIpc) is 2.36. The standard InChI is InChI=1S/C13H22N2O2S/c1-3-8-18(16,17)13-7-5-4-6-12(13)15-10-11(2)9-14/h4-7,11,15H,3,8-10,14H2,1-2H3. The number of para-hydroxylation sites is 1. The zero-order valence-corrected chi connectivity index (χ0v) is 11.8. The Balaban J connectivity index is 2.93. The third-order valence-corrected chi connectivity index (χ3v) is 4.71. The Labute approximate surface area is 110 Å². The van der Waals surface area contributed by atoms with Crippen LogP contribution < -0.4 is 11.1 Å². The van der Waals surface area contributed by atoms with Crippen LogP contribution in [0.25, 0.3) is 0 Å². The number of rotatable bonds is 7. The van der Waals surface area contributed by atoms with E-state index in [1.54, 1.807) is 18.2 Å². The molecular formula is C13H22N2O2S. The molecular weight excluding hydrogens is 248 g/mol. The fourth-order valence-corrected chi connectivity index (χ4v) is 3.15. The molecule has 3 N–H and O–H groups in total. The highest BCUT2D eigenvalue weighted by Crippen LogP contribution is 2.22. The summed E-state index contributed by atoms with van der Waals surface area (Å²) in [5, 5.41) is 3.17. The maximum atomic E-state index is 12.1. The van der Waals surface area contributed by atoms with Crippen molar-refractivity contribution >= 4 is 15.5 Å². The number of sulfone groups is 1. The fourth-order valence-electron chi connectivity index (χ4n) is 1.63. The van der Waals surface area contributed by atoms with Crippen molar-refractivity contribution in [2.75, 3.05) is 24.2 Å². The first-order valence-corrected chi connectivity index (χ1v) is 7.92. The molecule has 18 heavy (non-hydrogen) atoms. The van der Waals surface area contributed by atoms with Crippen molar-refractivity contribution in [2.24, 2.45) is 11.7 Å². The van der Waals surface area contributed by atoms with Gasteiger partial charge in [0.2, 0.25) is 0 Å². The molecule has 4 nitrogen and oxygen atoms in total. The molecule has 5 heteroatoms. The maximum absolute atomic E-state index is 12.1. The van der Waals surface area contributed by atoms with E-state index in [0.717, 1.165) is 0 Å². The van der Waals surface area contributed by atoms with Crippen molar-refractivity contribution in [1.82, 2.24) is 0 Å². The first-order valence-electron chi connectivity index (χ1n) is 6.27. The van der Waals surface area contributed by atoms with Crippen LogP contribution in [0.5, 0.6) is 0 Å². The average molecular weight is 270 g/mol. The highest BCUT2D eigenvalue weighted by molar-refractivity contribution is 7.91. The third kappa shape index (κ3) is 3.99. The second kappa shape index (κ2) is 6.75. The Morgan fingerprint density at radius 2 is 2.00 bits per heavy atom. The number of nitrogens with two attached hydrogens (primary N) is 1. The van der Waals surface area contributed by atoms with Gasteiger partial charge in [-0.3, -0.25) is 0 Å². The third-order valence-electron chi connectivity index (χ3n) is 2.74. The molecule has 0 spiro atoms. The van der Waals surface area contributed by atoms with Crippen molar-refractivity contribution < 1.29 is 8.42 Å². The quantitative estimate of drug-likeness (QED) is 0.793. The van der Waals surface area contributed by atoms with Crippen molar-refractivity contribution in [3.05, 3.63) is 24.3 Å². The lowest BCUT2D eigenvalue weighted by Crippen LogP contribution is -2.20. The lowest BCUT2D eigenvalue weighted by molar-refractivity contribution is 0.594. The Kier molecular flexibility index (Phi) is 5.62. The van der Waals surface area contributed by atoms with Gasteiger partial charge in [0.25, 0.3) is 0 Å². The van der Waals surface area contributed by atoms with E-state index in [9.17, 15) is 8.42 Å². The molecule has 0 saturated heterocycles. The van der Waals surface area contributed by atoms with Crippen LogP contribution >= 0.6 is 0 Å². The Morgan fingerprint density at radius 1 is 1.33 bits per heavy atom. The number of benzene rings is 1. The predicted octanol–water partition coefficient (Wildman–Crippen LogP) is 1.88. The van der Waals surface area contributed by atoms with Gasteiger partial charge in [-0.15, -0.1) is 0 Å².